The number of rotatable bonds is 13. The fourth-order valence-corrected chi connectivity index (χ4v) is 14.2. The van der Waals surface area contributed by atoms with Crippen LogP contribution in [0.3, 0.4) is 0 Å². The van der Waals surface area contributed by atoms with Gasteiger partial charge in [0.05, 0.1) is 33.4 Å². The fraction of sp³-hybridized carbons (Fsp3) is 0.179. The number of para-hydroxylation sites is 1. The number of benzene rings is 11. The number of anilines is 2. The van der Waals surface area contributed by atoms with Crippen LogP contribution in [-0.2, 0) is 27.8 Å². The van der Waals surface area contributed by atoms with Gasteiger partial charge in [-0.05, 0) is 197 Å². The Morgan fingerprint density at radius 3 is 1.08 bits per heavy atom. The SMILES string of the molecule is CC(C)(C)c1ccc(C(=C(C#N)c2ccc(-c3ccc(N(C4=CC=C(c5ccc6c(c5)c5ccccc5n6-c5ccc(C(F)(F)F)cc5)/C(=N/S)C4=N)c4ccc(-c5ccc(C(C#N)=C(c6ccc(C(C)(C)C)cc6)c6ccc(C(C)(C)C)cc6)cc5)cc4)cc3)cc2)c2ccc(C(C)(C)C)cc2)cc1. The molecule has 520 valence electrons. The van der Waals surface area contributed by atoms with Crippen molar-refractivity contribution in [2.75, 3.05) is 4.90 Å². The number of allylic oxidation sites excluding steroid dienone is 6. The Balaban J connectivity index is 0.877. The van der Waals surface area contributed by atoms with Crippen LogP contribution in [0.15, 0.2) is 283 Å². The highest BCUT2D eigenvalue weighted by Crippen LogP contribution is 2.43. The lowest BCUT2D eigenvalue weighted by Gasteiger charge is -2.31. The van der Waals surface area contributed by atoms with E-state index in [0.29, 0.717) is 33.8 Å². The van der Waals surface area contributed by atoms with Crippen LogP contribution < -0.4 is 4.90 Å². The van der Waals surface area contributed by atoms with Crippen LogP contribution in [-0.4, -0.2) is 16.0 Å². The van der Waals surface area contributed by atoms with Gasteiger partial charge < -0.3 is 9.47 Å². The van der Waals surface area contributed by atoms with Gasteiger partial charge in [0.2, 0.25) is 0 Å². The number of thiol groups is 1. The molecule has 1 aromatic heterocycles. The van der Waals surface area contributed by atoms with Gasteiger partial charge in [0.1, 0.15) is 23.6 Å². The number of hydrogen-bond donors (Lipinski definition) is 2. The molecule has 1 heterocycles. The van der Waals surface area contributed by atoms with Crippen molar-refractivity contribution in [2.45, 2.75) is 111 Å². The van der Waals surface area contributed by atoms with Crippen molar-refractivity contribution in [3.63, 3.8) is 0 Å². The normalized spacial score (nSPS) is 13.3. The molecule has 0 fully saturated rings. The summed E-state index contributed by atoms with van der Waals surface area (Å²) in [5, 5.41) is 34.2. The summed E-state index contributed by atoms with van der Waals surface area (Å²) in [7, 11) is 0. The van der Waals surface area contributed by atoms with E-state index in [1.807, 2.05) is 83.4 Å². The highest BCUT2D eigenvalue weighted by molar-refractivity contribution is 7.79. The molecule has 0 radical (unpaired) electrons. The number of halogens is 3. The van der Waals surface area contributed by atoms with E-state index >= 15 is 0 Å². The number of nitrogens with one attached hydrogen (secondary N) is 1. The molecule has 0 saturated carbocycles. The van der Waals surface area contributed by atoms with Crippen molar-refractivity contribution >= 4 is 85.3 Å². The van der Waals surface area contributed by atoms with Crippen LogP contribution in [0.5, 0.6) is 0 Å². The predicted molar refractivity (Wildman–Crippen MR) is 436 cm³/mol. The van der Waals surface area contributed by atoms with E-state index in [1.54, 1.807) is 0 Å². The fourth-order valence-electron chi connectivity index (χ4n) is 14.0. The van der Waals surface area contributed by atoms with Gasteiger partial charge in [-0.25, -0.2) is 4.40 Å². The molecular formula is C95H83F3N6S. The molecule has 0 unspecified atom stereocenters. The van der Waals surface area contributed by atoms with Gasteiger partial charge in [-0.15, -0.1) is 0 Å². The minimum absolute atomic E-state index is 0.0410. The van der Waals surface area contributed by atoms with Crippen molar-refractivity contribution in [3.05, 3.63) is 345 Å². The topological polar surface area (TPSA) is 92.0 Å². The summed E-state index contributed by atoms with van der Waals surface area (Å²) in [5.74, 6) is 0. The summed E-state index contributed by atoms with van der Waals surface area (Å²) in [6.45, 7) is 26.4. The van der Waals surface area contributed by atoms with E-state index in [2.05, 4.69) is 287 Å². The van der Waals surface area contributed by atoms with E-state index in [0.717, 1.165) is 118 Å². The Kier molecular flexibility index (Phi) is 19.3. The number of aromatic nitrogens is 1. The largest absolute Gasteiger partial charge is 0.416 e. The molecular weight excluding hydrogens is 1310 g/mol. The van der Waals surface area contributed by atoms with Crippen LogP contribution in [0, 0.1) is 28.1 Å². The minimum Gasteiger partial charge on any atom is -0.309 e. The summed E-state index contributed by atoms with van der Waals surface area (Å²) in [6.07, 6.45) is -0.570. The van der Waals surface area contributed by atoms with Crippen LogP contribution in [0.4, 0.5) is 24.5 Å². The molecule has 10 heteroatoms. The molecule has 0 atom stereocenters. The van der Waals surface area contributed by atoms with Crippen molar-refractivity contribution in [3.8, 4) is 40.1 Å². The van der Waals surface area contributed by atoms with Crippen LogP contribution in [0.1, 0.15) is 150 Å². The molecule has 0 aliphatic heterocycles. The van der Waals surface area contributed by atoms with Crippen molar-refractivity contribution < 1.29 is 13.2 Å². The third-order valence-corrected chi connectivity index (χ3v) is 20.3. The maximum Gasteiger partial charge on any atom is 0.416 e. The summed E-state index contributed by atoms with van der Waals surface area (Å²) >= 11 is 4.57. The van der Waals surface area contributed by atoms with Crippen LogP contribution in [0.2, 0.25) is 0 Å². The van der Waals surface area contributed by atoms with Gasteiger partial charge in [0.25, 0.3) is 0 Å². The molecule has 11 aromatic carbocycles. The summed E-state index contributed by atoms with van der Waals surface area (Å²) in [5.41, 5.74) is 22.3. The predicted octanol–water partition coefficient (Wildman–Crippen LogP) is 25.7. The van der Waals surface area contributed by atoms with Gasteiger partial charge >= 0.3 is 6.18 Å². The zero-order valence-electron chi connectivity index (χ0n) is 61.3. The van der Waals surface area contributed by atoms with Crippen molar-refractivity contribution in [2.24, 2.45) is 4.40 Å². The van der Waals surface area contributed by atoms with Gasteiger partial charge in [0, 0.05) is 44.6 Å². The summed E-state index contributed by atoms with van der Waals surface area (Å²) in [6, 6.07) is 91.4. The maximum atomic E-state index is 13.8. The van der Waals surface area contributed by atoms with Crippen LogP contribution in [0.25, 0.3) is 77.6 Å². The van der Waals surface area contributed by atoms with Gasteiger partial charge in [-0.1, -0.05) is 277 Å². The van der Waals surface area contributed by atoms with E-state index in [9.17, 15) is 29.1 Å². The monoisotopic (exact) mass is 1400 g/mol. The van der Waals surface area contributed by atoms with E-state index in [4.69, 9.17) is 0 Å². The molecule has 1 aliphatic rings. The number of fused-ring (bicyclic) bond motifs is 3. The Morgan fingerprint density at radius 2 is 0.724 bits per heavy atom. The second kappa shape index (κ2) is 28.2. The summed E-state index contributed by atoms with van der Waals surface area (Å²) < 4.78 is 47.8. The van der Waals surface area contributed by atoms with Gasteiger partial charge in [-0.3, -0.25) is 5.41 Å². The van der Waals surface area contributed by atoms with Gasteiger partial charge in [-0.2, -0.15) is 23.7 Å². The number of nitriles is 2. The molecule has 1 N–H and O–H groups in total. The summed E-state index contributed by atoms with van der Waals surface area (Å²) in [4.78, 5) is 2.05. The van der Waals surface area contributed by atoms with E-state index in [-0.39, 0.29) is 27.4 Å². The van der Waals surface area contributed by atoms with E-state index < -0.39 is 11.7 Å². The second-order valence-electron chi connectivity index (χ2n) is 31.2. The molecule has 0 amide bonds. The van der Waals surface area contributed by atoms with Gasteiger partial charge in [0.15, 0.2) is 0 Å². The molecule has 12 aromatic rings. The molecule has 13 rings (SSSR count). The first kappa shape index (κ1) is 71.8. The molecule has 0 bridgehead atoms. The highest BCUT2D eigenvalue weighted by Gasteiger charge is 2.32. The average Bonchev–Trinajstić information content (AvgIpc) is 1.63. The zero-order valence-corrected chi connectivity index (χ0v) is 62.2. The standard InChI is InChI=1S/C95H83F3N6S/c1-91(2,3)71-38-25-66(26-39-71)87(67-27-40-72(41-28-67)92(4,5)6)82(58-99)64-21-17-60(18-22-64)62-33-48-76(49-34-62)103(86-56-54-79(90(102-105)89(86)101)70-37-55-85-81(57-70)80-15-13-14-16-84(80)104(85)78-52-46-75(47-53-78)95(96,97)98)77-50-35-63(36-51-77)61-19-23-65(24-20-61)83(59-100)88(68-29-42-73(43-30-68)93(7,8)9)69-31-44-74(45-32-69)94(10,11)12/h13-57,101,105H,1-12H3/b101-89?,102-90-. The third kappa shape index (κ3) is 14.6. The molecule has 1 aliphatic carbocycles. The Hall–Kier alpha value is -11.6. The first-order valence-corrected chi connectivity index (χ1v) is 35.8. The van der Waals surface area contributed by atoms with Crippen molar-refractivity contribution in [1.82, 2.24) is 4.57 Å². The second-order valence-corrected chi connectivity index (χ2v) is 31.4. The lowest BCUT2D eigenvalue weighted by Crippen LogP contribution is -2.30. The first-order chi connectivity index (χ1) is 50.0. The third-order valence-electron chi connectivity index (χ3n) is 20.1. The Bertz CT molecular complexity index is 5200. The molecule has 0 spiro atoms. The average molecular weight is 1400 g/mol. The van der Waals surface area contributed by atoms with E-state index in [1.165, 1.54) is 34.4 Å². The number of hydrogen-bond acceptors (Lipinski definition) is 6. The quantitative estimate of drug-likeness (QED) is 0.0521. The first-order valence-electron chi connectivity index (χ1n) is 35.4. The lowest BCUT2D eigenvalue weighted by atomic mass is 9.83. The number of nitrogens with zero attached hydrogens (tertiary/aromatic N) is 5. The highest BCUT2D eigenvalue weighted by atomic mass is 32.1. The molecule has 6 nitrogen and oxygen atoms in total. The lowest BCUT2D eigenvalue weighted by molar-refractivity contribution is -0.137. The Morgan fingerprint density at radius 1 is 0.390 bits per heavy atom. The van der Waals surface area contributed by atoms with Crippen molar-refractivity contribution in [1.29, 1.82) is 15.9 Å². The minimum atomic E-state index is -4.47. The molecule has 105 heavy (non-hydrogen) atoms. The van der Waals surface area contributed by atoms with Crippen LogP contribution >= 0.6 is 12.8 Å². The Labute approximate surface area is 620 Å². The zero-order chi connectivity index (χ0) is 74.5. The smallest absolute Gasteiger partial charge is 0.309 e. The number of alkyl halides is 3. The maximum absolute atomic E-state index is 13.8. The molecule has 0 saturated heterocycles.